The van der Waals surface area contributed by atoms with Crippen molar-refractivity contribution in [1.29, 1.82) is 0 Å². The highest BCUT2D eigenvalue weighted by atomic mass is 16.5. The Morgan fingerprint density at radius 1 is 1.17 bits per heavy atom. The van der Waals surface area contributed by atoms with E-state index in [4.69, 9.17) is 4.74 Å². The SMILES string of the molecule is CC(=O)C[C@]1(O)C(=O)C2=C3C(=C4O[C@@H](C)C(C)(C)C4C2=O)C(C)=CC(=O)C3C1=O. The first-order valence-electron chi connectivity index (χ1n) is 9.57. The summed E-state index contributed by atoms with van der Waals surface area (Å²) in [5, 5.41) is 10.9. The average molecular weight is 398 g/mol. The van der Waals surface area contributed by atoms with E-state index in [1.54, 1.807) is 6.92 Å². The number of fused-ring (bicyclic) bond motifs is 1. The van der Waals surface area contributed by atoms with Gasteiger partial charge in [-0.25, -0.2) is 0 Å². The van der Waals surface area contributed by atoms with E-state index in [1.165, 1.54) is 6.08 Å². The van der Waals surface area contributed by atoms with Gasteiger partial charge in [-0.2, -0.15) is 0 Å². The zero-order chi connectivity index (χ0) is 21.6. The number of ether oxygens (including phenoxy) is 1. The van der Waals surface area contributed by atoms with Gasteiger partial charge >= 0.3 is 0 Å². The van der Waals surface area contributed by atoms with Crippen LogP contribution < -0.4 is 0 Å². The van der Waals surface area contributed by atoms with E-state index in [0.717, 1.165) is 6.92 Å². The Labute approximate surface area is 167 Å². The van der Waals surface area contributed by atoms with Crippen molar-refractivity contribution in [2.75, 3.05) is 0 Å². The zero-order valence-electron chi connectivity index (χ0n) is 16.9. The number of ketones is 5. The topological polar surface area (TPSA) is 115 Å². The van der Waals surface area contributed by atoms with Gasteiger partial charge in [-0.1, -0.05) is 13.8 Å². The Kier molecular flexibility index (Phi) is 3.85. The quantitative estimate of drug-likeness (QED) is 0.549. The number of allylic oxidation sites excluding steroid dienone is 5. The third-order valence-electron chi connectivity index (χ3n) is 6.75. The van der Waals surface area contributed by atoms with Crippen LogP contribution in [0.5, 0.6) is 0 Å². The summed E-state index contributed by atoms with van der Waals surface area (Å²) in [6, 6.07) is 0. The number of carbonyl (C=O) groups excluding carboxylic acids is 5. The van der Waals surface area contributed by atoms with Crippen molar-refractivity contribution in [3.05, 3.63) is 34.1 Å². The highest BCUT2D eigenvalue weighted by molar-refractivity contribution is 6.38. The summed E-state index contributed by atoms with van der Waals surface area (Å²) in [6.45, 7) is 8.32. The summed E-state index contributed by atoms with van der Waals surface area (Å²) < 4.78 is 6.01. The summed E-state index contributed by atoms with van der Waals surface area (Å²) in [5.74, 6) is -5.83. The number of hydrogen-bond acceptors (Lipinski definition) is 7. The van der Waals surface area contributed by atoms with E-state index < -0.39 is 58.2 Å². The van der Waals surface area contributed by atoms with Gasteiger partial charge in [0.25, 0.3) is 0 Å². The molecule has 0 aromatic rings. The van der Waals surface area contributed by atoms with Gasteiger partial charge in [0.05, 0.1) is 11.5 Å². The number of carbonyl (C=O) groups is 5. The molecular weight excluding hydrogens is 376 g/mol. The highest BCUT2D eigenvalue weighted by Gasteiger charge is 2.64. The second-order valence-corrected chi connectivity index (χ2v) is 9.00. The van der Waals surface area contributed by atoms with Crippen LogP contribution in [0.1, 0.15) is 41.0 Å². The molecule has 1 aliphatic heterocycles. The molecule has 4 aliphatic rings. The molecule has 0 amide bonds. The maximum Gasteiger partial charge on any atom is 0.206 e. The van der Waals surface area contributed by atoms with Crippen LogP contribution in [0.25, 0.3) is 0 Å². The molecule has 7 heteroatoms. The van der Waals surface area contributed by atoms with E-state index in [0.29, 0.717) is 16.9 Å². The van der Waals surface area contributed by atoms with Gasteiger partial charge in [-0.15, -0.1) is 0 Å². The number of aliphatic hydroxyl groups is 1. The average Bonchev–Trinajstić information content (AvgIpc) is 2.82. The molecule has 1 saturated heterocycles. The van der Waals surface area contributed by atoms with Gasteiger partial charge < -0.3 is 9.84 Å². The summed E-state index contributed by atoms with van der Waals surface area (Å²) >= 11 is 0. The first-order chi connectivity index (χ1) is 13.3. The lowest BCUT2D eigenvalue weighted by atomic mass is 9.58. The standard InChI is InChI=1S/C22H22O7/c1-8-6-11(24)13-14-12(8)18-16(21(4,5)10(3)29-18)17(25)15(14)20(27)22(28,19(13)26)7-9(2)23/h6,10,13,16,28H,7H2,1-5H3/t10-,13?,16?,22+/m0/s1. The maximum atomic E-state index is 13.5. The smallest absolute Gasteiger partial charge is 0.206 e. The fourth-order valence-corrected chi connectivity index (χ4v) is 4.96. The molecule has 1 N–H and O–H groups in total. The Morgan fingerprint density at radius 3 is 2.38 bits per heavy atom. The van der Waals surface area contributed by atoms with Crippen molar-refractivity contribution in [2.45, 2.75) is 52.7 Å². The lowest BCUT2D eigenvalue weighted by molar-refractivity contribution is -0.157. The molecule has 29 heavy (non-hydrogen) atoms. The molecule has 3 aliphatic carbocycles. The summed E-state index contributed by atoms with van der Waals surface area (Å²) in [5.41, 5.74) is -2.73. The minimum Gasteiger partial charge on any atom is -0.493 e. The molecule has 1 fully saturated rings. The van der Waals surface area contributed by atoms with Crippen LogP contribution >= 0.6 is 0 Å². The van der Waals surface area contributed by atoms with Crippen molar-refractivity contribution in [3.63, 3.8) is 0 Å². The van der Waals surface area contributed by atoms with E-state index >= 15 is 0 Å². The molecule has 1 heterocycles. The largest absolute Gasteiger partial charge is 0.493 e. The summed E-state index contributed by atoms with van der Waals surface area (Å²) in [4.78, 5) is 64.3. The van der Waals surface area contributed by atoms with E-state index in [1.807, 2.05) is 20.8 Å². The molecular formula is C22H22O7. The Hall–Kier alpha value is -2.67. The highest BCUT2D eigenvalue weighted by Crippen LogP contribution is 2.56. The molecule has 0 radical (unpaired) electrons. The normalized spacial score (nSPS) is 35.4. The van der Waals surface area contributed by atoms with Gasteiger partial charge in [-0.3, -0.25) is 24.0 Å². The first-order valence-corrected chi connectivity index (χ1v) is 9.57. The molecule has 4 atom stereocenters. The lowest BCUT2D eigenvalue weighted by Crippen LogP contribution is -2.59. The maximum absolute atomic E-state index is 13.5. The molecule has 0 saturated carbocycles. The van der Waals surface area contributed by atoms with Crippen LogP contribution in [0, 0.1) is 17.3 Å². The van der Waals surface area contributed by atoms with Crippen molar-refractivity contribution >= 4 is 28.9 Å². The second kappa shape index (κ2) is 5.69. The van der Waals surface area contributed by atoms with Crippen LogP contribution in [0.2, 0.25) is 0 Å². The Bertz CT molecular complexity index is 1040. The van der Waals surface area contributed by atoms with Gasteiger partial charge in [0.1, 0.15) is 23.6 Å². The lowest BCUT2D eigenvalue weighted by Gasteiger charge is -2.41. The summed E-state index contributed by atoms with van der Waals surface area (Å²) in [6.07, 6.45) is 0.169. The van der Waals surface area contributed by atoms with Gasteiger partial charge in [0, 0.05) is 17.4 Å². The number of Topliss-reactive ketones (excluding diaryl/α,β-unsaturated/α-hetero) is 4. The molecule has 0 aromatic carbocycles. The number of rotatable bonds is 2. The van der Waals surface area contributed by atoms with Crippen LogP contribution in [0.15, 0.2) is 34.1 Å². The molecule has 7 nitrogen and oxygen atoms in total. The van der Waals surface area contributed by atoms with Crippen LogP contribution in [-0.2, 0) is 28.7 Å². The monoisotopic (exact) mass is 398 g/mol. The molecule has 0 aromatic heterocycles. The van der Waals surface area contributed by atoms with Crippen LogP contribution in [0.4, 0.5) is 0 Å². The zero-order valence-corrected chi connectivity index (χ0v) is 16.9. The third-order valence-corrected chi connectivity index (χ3v) is 6.75. The van der Waals surface area contributed by atoms with Gasteiger partial charge in [-0.05, 0) is 38.0 Å². The molecule has 152 valence electrons. The third kappa shape index (κ3) is 2.25. The van der Waals surface area contributed by atoms with Gasteiger partial charge in [0.2, 0.25) is 5.78 Å². The van der Waals surface area contributed by atoms with Crippen molar-refractivity contribution < 1.29 is 33.8 Å². The van der Waals surface area contributed by atoms with Crippen LogP contribution in [0.3, 0.4) is 0 Å². The molecule has 4 rings (SSSR count). The minimum absolute atomic E-state index is 0.0272. The van der Waals surface area contributed by atoms with Gasteiger partial charge in [0.15, 0.2) is 23.0 Å². The number of hydrogen-bond donors (Lipinski definition) is 1. The Morgan fingerprint density at radius 2 is 1.79 bits per heavy atom. The minimum atomic E-state index is -2.71. The fraction of sp³-hybridized carbons (Fsp3) is 0.500. The van der Waals surface area contributed by atoms with E-state index in [-0.39, 0.29) is 17.3 Å². The van der Waals surface area contributed by atoms with E-state index in [9.17, 15) is 29.1 Å². The van der Waals surface area contributed by atoms with Crippen molar-refractivity contribution in [1.82, 2.24) is 0 Å². The predicted octanol–water partition coefficient (Wildman–Crippen LogP) is 1.19. The van der Waals surface area contributed by atoms with Crippen LogP contribution in [-0.4, -0.2) is 45.7 Å². The van der Waals surface area contributed by atoms with E-state index in [2.05, 4.69) is 0 Å². The molecule has 2 unspecified atom stereocenters. The van der Waals surface area contributed by atoms with Crippen molar-refractivity contribution in [2.24, 2.45) is 17.3 Å². The summed E-state index contributed by atoms with van der Waals surface area (Å²) in [7, 11) is 0. The molecule has 0 bridgehead atoms. The second-order valence-electron chi connectivity index (χ2n) is 9.00. The predicted molar refractivity (Wildman–Crippen MR) is 99.4 cm³/mol. The fourth-order valence-electron chi connectivity index (χ4n) is 4.96. The van der Waals surface area contributed by atoms with Crippen molar-refractivity contribution in [3.8, 4) is 0 Å². The molecule has 0 spiro atoms. The Balaban J connectivity index is 2.06. The first kappa shape index (κ1) is 19.6.